The molecule has 0 spiro atoms. The van der Waals surface area contributed by atoms with Crippen LogP contribution >= 0.6 is 0 Å². The molecule has 24 heavy (non-hydrogen) atoms. The van der Waals surface area contributed by atoms with Crippen LogP contribution in [0.15, 0.2) is 48.5 Å². The summed E-state index contributed by atoms with van der Waals surface area (Å²) in [5, 5.41) is 30.4. The Morgan fingerprint density at radius 3 is 1.83 bits per heavy atom. The van der Waals surface area contributed by atoms with Gasteiger partial charge in [0.15, 0.2) is 0 Å². The van der Waals surface area contributed by atoms with E-state index in [4.69, 9.17) is 4.74 Å². The van der Waals surface area contributed by atoms with Crippen LogP contribution in [0.3, 0.4) is 0 Å². The fraction of sp³-hybridized carbons (Fsp3) is 0.133. The van der Waals surface area contributed by atoms with Crippen molar-refractivity contribution in [1.82, 2.24) is 4.98 Å². The van der Waals surface area contributed by atoms with Gasteiger partial charge in [-0.15, -0.1) is 6.61 Å². The first kappa shape index (κ1) is 23.9. The van der Waals surface area contributed by atoms with Crippen LogP contribution < -0.4 is 20.1 Å². The fourth-order valence-electron chi connectivity index (χ4n) is 1.34. The number of ether oxygens (including phenoxy) is 1. The van der Waals surface area contributed by atoms with Gasteiger partial charge in [-0.1, -0.05) is 24.3 Å². The minimum absolute atomic E-state index is 0. The summed E-state index contributed by atoms with van der Waals surface area (Å²) in [6, 6.07) is 12.8. The SMILES string of the molecule is O=C([O-])c1cccc(C(=O)[O-])n1.[O-2].[O-]CCOc1ccccc1.[V]. The summed E-state index contributed by atoms with van der Waals surface area (Å²) in [5.41, 5.74) is -0.839. The second-order valence-corrected chi connectivity index (χ2v) is 3.85. The molecule has 0 saturated heterocycles. The summed E-state index contributed by atoms with van der Waals surface area (Å²) < 4.78 is 5.04. The van der Waals surface area contributed by atoms with Crippen molar-refractivity contribution < 1.29 is 53.7 Å². The minimum Gasteiger partial charge on any atom is -2.00 e. The largest absolute Gasteiger partial charge is 2.00 e. The summed E-state index contributed by atoms with van der Waals surface area (Å²) in [5.74, 6) is -2.27. The zero-order valence-electron chi connectivity index (χ0n) is 12.3. The molecule has 0 aliphatic rings. The van der Waals surface area contributed by atoms with Crippen LogP contribution in [0, 0.1) is 0 Å². The van der Waals surface area contributed by atoms with Crippen LogP contribution in [0.1, 0.15) is 21.0 Å². The molecular formula is C15H12NO7V-5. The Morgan fingerprint density at radius 2 is 1.42 bits per heavy atom. The van der Waals surface area contributed by atoms with Crippen molar-refractivity contribution in [2.75, 3.05) is 13.2 Å². The first-order valence-corrected chi connectivity index (χ1v) is 6.20. The standard InChI is InChI=1S/C8H9O2.C7H5NO4.O.V/c9-6-7-10-8-4-2-1-3-5-8;9-6(10)4-2-1-3-5(8-4)7(11)12;;/h1-5H,6-7H2;1-3H,(H,9,10)(H,11,12);;/q-1;;-2;/p-2. The number of nitrogens with zero attached hydrogens (tertiary/aromatic N) is 1. The summed E-state index contributed by atoms with van der Waals surface area (Å²) >= 11 is 0. The Bertz CT molecular complexity index is 593. The van der Waals surface area contributed by atoms with Crippen LogP contribution in [0.5, 0.6) is 5.75 Å². The number of carbonyl (C=O) groups excluding carboxylic acids is 2. The monoisotopic (exact) mass is 369 g/mol. The zero-order valence-corrected chi connectivity index (χ0v) is 13.7. The predicted octanol–water partition coefficient (Wildman–Crippen LogP) is -1.89. The van der Waals surface area contributed by atoms with Gasteiger partial charge in [-0.2, -0.15) is 0 Å². The molecular weight excluding hydrogens is 357 g/mol. The van der Waals surface area contributed by atoms with E-state index in [2.05, 4.69) is 4.98 Å². The average molecular weight is 369 g/mol. The van der Waals surface area contributed by atoms with Crippen molar-refractivity contribution in [3.05, 3.63) is 59.9 Å². The van der Waals surface area contributed by atoms with Gasteiger partial charge in [-0.3, -0.25) is 0 Å². The van der Waals surface area contributed by atoms with E-state index in [-0.39, 0.29) is 37.2 Å². The molecule has 9 heteroatoms. The summed E-state index contributed by atoms with van der Waals surface area (Å²) in [6.07, 6.45) is 0. The van der Waals surface area contributed by atoms with Crippen molar-refractivity contribution in [2.45, 2.75) is 0 Å². The summed E-state index contributed by atoms with van der Waals surface area (Å²) in [6.45, 7) is 0.0684. The van der Waals surface area contributed by atoms with Gasteiger partial charge < -0.3 is 35.1 Å². The molecule has 0 bridgehead atoms. The van der Waals surface area contributed by atoms with Crippen molar-refractivity contribution in [3.8, 4) is 5.75 Å². The predicted molar refractivity (Wildman–Crippen MR) is 70.4 cm³/mol. The molecule has 0 aliphatic heterocycles. The Kier molecular flexibility index (Phi) is 13.0. The van der Waals surface area contributed by atoms with Gasteiger partial charge in [0.25, 0.3) is 0 Å². The first-order chi connectivity index (χ1) is 10.5. The van der Waals surface area contributed by atoms with E-state index in [1.807, 2.05) is 30.3 Å². The van der Waals surface area contributed by atoms with Crippen LogP contribution in [-0.2, 0) is 24.0 Å². The molecule has 129 valence electrons. The number of rotatable bonds is 5. The minimum atomic E-state index is -1.52. The Labute approximate surface area is 149 Å². The molecule has 0 unspecified atom stereocenters. The first-order valence-electron chi connectivity index (χ1n) is 6.20. The maximum atomic E-state index is 10.2. The van der Waals surface area contributed by atoms with Gasteiger partial charge in [-0.05, 0) is 24.3 Å². The second kappa shape index (κ2) is 13.1. The Hall–Kier alpha value is -2.39. The topological polar surface area (TPSA) is 154 Å². The van der Waals surface area contributed by atoms with Gasteiger partial charge in [0.05, 0.1) is 29.9 Å². The average Bonchev–Trinajstić information content (AvgIpc) is 2.54. The van der Waals surface area contributed by atoms with Crippen molar-refractivity contribution >= 4 is 11.9 Å². The number of carbonyl (C=O) groups is 2. The zero-order chi connectivity index (χ0) is 16.4. The molecule has 1 heterocycles. The molecule has 0 amide bonds. The van der Waals surface area contributed by atoms with Gasteiger partial charge in [-0.25, -0.2) is 4.98 Å². The van der Waals surface area contributed by atoms with Gasteiger partial charge >= 0.3 is 0 Å². The number of hydrogen-bond acceptors (Lipinski definition) is 7. The van der Waals surface area contributed by atoms with Crippen molar-refractivity contribution in [2.24, 2.45) is 0 Å². The van der Waals surface area contributed by atoms with E-state index in [0.717, 1.165) is 17.9 Å². The molecule has 2 aromatic rings. The molecule has 0 N–H and O–H groups in total. The van der Waals surface area contributed by atoms with Crippen LogP contribution in [-0.4, -0.2) is 30.1 Å². The number of aromatic carboxylic acids is 2. The van der Waals surface area contributed by atoms with Crippen LogP contribution in [0.4, 0.5) is 0 Å². The van der Waals surface area contributed by atoms with Crippen molar-refractivity contribution in [1.29, 1.82) is 0 Å². The number of aromatic nitrogens is 1. The third-order valence-electron chi connectivity index (χ3n) is 2.26. The van der Waals surface area contributed by atoms with E-state index in [1.54, 1.807) is 0 Å². The third kappa shape index (κ3) is 8.91. The molecule has 1 aromatic heterocycles. The molecule has 0 aliphatic carbocycles. The number of carboxylic acid groups (broad SMARTS) is 2. The summed E-state index contributed by atoms with van der Waals surface area (Å²) in [7, 11) is 0. The Morgan fingerprint density at radius 1 is 0.917 bits per heavy atom. The van der Waals surface area contributed by atoms with E-state index in [9.17, 15) is 24.9 Å². The normalized spacial score (nSPS) is 8.54. The summed E-state index contributed by atoms with van der Waals surface area (Å²) in [4.78, 5) is 23.6. The molecule has 2 rings (SSSR count). The van der Waals surface area contributed by atoms with Gasteiger partial charge in [0.2, 0.25) is 0 Å². The molecule has 1 aromatic carbocycles. The third-order valence-corrected chi connectivity index (χ3v) is 2.26. The van der Waals surface area contributed by atoms with E-state index in [0.29, 0.717) is 0 Å². The van der Waals surface area contributed by atoms with Crippen LogP contribution in [0.2, 0.25) is 0 Å². The maximum Gasteiger partial charge on any atom is 0.119 e. The second-order valence-electron chi connectivity index (χ2n) is 3.85. The number of hydrogen-bond donors (Lipinski definition) is 0. The maximum absolute atomic E-state index is 10.2. The molecule has 0 fully saturated rings. The van der Waals surface area contributed by atoms with E-state index < -0.39 is 23.3 Å². The molecule has 0 atom stereocenters. The fourth-order valence-corrected chi connectivity index (χ4v) is 1.34. The number of pyridine rings is 1. The van der Waals surface area contributed by atoms with Gasteiger partial charge in [0.1, 0.15) is 5.75 Å². The number of benzene rings is 1. The number of carboxylic acids is 2. The Balaban J connectivity index is 0. The van der Waals surface area contributed by atoms with E-state index >= 15 is 0 Å². The van der Waals surface area contributed by atoms with Crippen molar-refractivity contribution in [3.63, 3.8) is 0 Å². The molecule has 0 saturated carbocycles. The molecule has 8 nitrogen and oxygen atoms in total. The smallest absolute Gasteiger partial charge is 0.119 e. The van der Waals surface area contributed by atoms with E-state index in [1.165, 1.54) is 6.07 Å². The number of para-hydroxylation sites is 1. The molecule has 1 radical (unpaired) electrons. The quantitative estimate of drug-likeness (QED) is 0.597. The van der Waals surface area contributed by atoms with Crippen LogP contribution in [0.25, 0.3) is 0 Å². The van der Waals surface area contributed by atoms with Gasteiger partial charge in [0, 0.05) is 18.6 Å².